The van der Waals surface area contributed by atoms with E-state index in [1.165, 1.54) is 12.3 Å². The Labute approximate surface area is 164 Å². The number of aliphatic hydroxyl groups excluding tert-OH is 2. The predicted octanol–water partition coefficient (Wildman–Crippen LogP) is -2.96. The number of anilines is 1. The molecular formula is C14H25N4O10P. The van der Waals surface area contributed by atoms with Gasteiger partial charge in [0, 0.05) is 6.20 Å². The maximum Gasteiger partial charge on any atom is 0.466 e. The van der Waals surface area contributed by atoms with Gasteiger partial charge in [0.25, 0.3) is 0 Å². The molecule has 0 saturated carbocycles. The van der Waals surface area contributed by atoms with Crippen LogP contribution in [-0.2, 0) is 18.8 Å². The minimum absolute atomic E-state index is 0.0254. The third-order valence-electron chi connectivity index (χ3n) is 3.84. The van der Waals surface area contributed by atoms with Crippen LogP contribution in [0.2, 0.25) is 0 Å². The number of hydrogen-bond acceptors (Lipinski definition) is 10. The molecule has 1 saturated heterocycles. The molecule has 0 radical (unpaired) electrons. The molecule has 1 aromatic rings. The van der Waals surface area contributed by atoms with Crippen LogP contribution < -0.4 is 17.2 Å². The Morgan fingerprint density at radius 2 is 1.90 bits per heavy atom. The largest absolute Gasteiger partial charge is 0.466 e. The lowest BCUT2D eigenvalue weighted by molar-refractivity contribution is -0.152. The van der Waals surface area contributed by atoms with E-state index in [4.69, 9.17) is 40.2 Å². The monoisotopic (exact) mass is 440 g/mol. The zero-order valence-electron chi connectivity index (χ0n) is 15.6. The lowest BCUT2D eigenvalue weighted by Crippen LogP contribution is -2.40. The van der Waals surface area contributed by atoms with E-state index < -0.39 is 50.1 Å². The van der Waals surface area contributed by atoms with Crippen LogP contribution in [-0.4, -0.2) is 71.4 Å². The number of esters is 1. The van der Waals surface area contributed by atoms with Crippen molar-refractivity contribution in [3.05, 3.63) is 22.7 Å². The highest BCUT2D eigenvalue weighted by atomic mass is 31.2. The Bertz CT molecular complexity index is 789. The summed E-state index contributed by atoms with van der Waals surface area (Å²) in [5.74, 6) is -0.716. The average Bonchev–Trinajstić information content (AvgIpc) is 2.85. The van der Waals surface area contributed by atoms with Gasteiger partial charge in [-0.3, -0.25) is 9.36 Å². The minimum atomic E-state index is -4.64. The Morgan fingerprint density at radius 3 is 2.38 bits per heavy atom. The number of phosphoric acid groups is 1. The summed E-state index contributed by atoms with van der Waals surface area (Å²) in [6.45, 7) is 3.24. The average molecular weight is 440 g/mol. The van der Waals surface area contributed by atoms with Crippen molar-refractivity contribution in [3.63, 3.8) is 0 Å². The first-order valence-electron chi connectivity index (χ1n) is 8.29. The number of nitrogens with two attached hydrogens (primary N) is 2. The van der Waals surface area contributed by atoms with Crippen molar-refractivity contribution >= 4 is 19.6 Å². The van der Waals surface area contributed by atoms with Gasteiger partial charge in [0.05, 0.1) is 0 Å². The molecule has 9 N–H and O–H groups in total. The highest BCUT2D eigenvalue weighted by Gasteiger charge is 2.44. The van der Waals surface area contributed by atoms with E-state index in [0.29, 0.717) is 0 Å². The van der Waals surface area contributed by atoms with E-state index in [1.54, 1.807) is 13.8 Å². The third-order valence-corrected chi connectivity index (χ3v) is 3.84. The first kappa shape index (κ1) is 25.1. The number of rotatable bonds is 5. The van der Waals surface area contributed by atoms with Crippen LogP contribution in [0.15, 0.2) is 17.1 Å². The van der Waals surface area contributed by atoms with Gasteiger partial charge in [-0.15, -0.1) is 0 Å². The van der Waals surface area contributed by atoms with Gasteiger partial charge < -0.3 is 45.8 Å². The molecule has 166 valence electrons. The second-order valence-electron chi connectivity index (χ2n) is 6.50. The summed E-state index contributed by atoms with van der Waals surface area (Å²) < 4.78 is 20.4. The quantitative estimate of drug-likeness (QED) is 0.179. The normalized spacial score (nSPS) is 25.3. The second kappa shape index (κ2) is 10.2. The molecule has 0 unspecified atom stereocenters. The zero-order chi connectivity index (χ0) is 22.5. The van der Waals surface area contributed by atoms with Gasteiger partial charge in [-0.25, -0.2) is 9.36 Å². The van der Waals surface area contributed by atoms with Crippen LogP contribution in [0.25, 0.3) is 0 Å². The smallest absolute Gasteiger partial charge is 0.462 e. The van der Waals surface area contributed by atoms with Gasteiger partial charge in [-0.2, -0.15) is 4.98 Å². The van der Waals surface area contributed by atoms with Crippen molar-refractivity contribution in [3.8, 4) is 0 Å². The first-order chi connectivity index (χ1) is 13.2. The van der Waals surface area contributed by atoms with Gasteiger partial charge in [-0.05, 0) is 12.0 Å². The van der Waals surface area contributed by atoms with Crippen LogP contribution in [0.1, 0.15) is 20.1 Å². The highest BCUT2D eigenvalue weighted by molar-refractivity contribution is 7.45. The van der Waals surface area contributed by atoms with Crippen LogP contribution >= 0.6 is 7.82 Å². The minimum Gasteiger partial charge on any atom is -0.462 e. The molecule has 15 heteroatoms. The van der Waals surface area contributed by atoms with Gasteiger partial charge in [-0.1, -0.05) is 13.8 Å². The highest BCUT2D eigenvalue weighted by Crippen LogP contribution is 2.28. The summed E-state index contributed by atoms with van der Waals surface area (Å²) in [5, 5.41) is 20.1. The number of nitrogen functional groups attached to an aromatic ring is 1. The summed E-state index contributed by atoms with van der Waals surface area (Å²) in [7, 11) is -4.64. The molecule has 2 heterocycles. The molecule has 29 heavy (non-hydrogen) atoms. The Morgan fingerprint density at radius 1 is 1.34 bits per heavy atom. The zero-order valence-corrected chi connectivity index (χ0v) is 16.5. The molecule has 0 aliphatic carbocycles. The summed E-state index contributed by atoms with van der Waals surface area (Å²) in [5.41, 5.74) is 10.3. The number of nitrogens with zero attached hydrogens (tertiary/aromatic N) is 2. The van der Waals surface area contributed by atoms with Gasteiger partial charge >= 0.3 is 19.5 Å². The molecule has 0 aromatic carbocycles. The molecule has 14 nitrogen and oxygen atoms in total. The van der Waals surface area contributed by atoms with E-state index in [-0.39, 0.29) is 18.3 Å². The van der Waals surface area contributed by atoms with E-state index in [9.17, 15) is 19.8 Å². The molecule has 2 rings (SSSR count). The van der Waals surface area contributed by atoms with Crippen LogP contribution in [0.5, 0.6) is 0 Å². The fourth-order valence-electron chi connectivity index (χ4n) is 2.25. The first-order valence-corrected chi connectivity index (χ1v) is 9.85. The van der Waals surface area contributed by atoms with E-state index >= 15 is 0 Å². The van der Waals surface area contributed by atoms with Crippen molar-refractivity contribution in [1.29, 1.82) is 0 Å². The number of aromatic nitrogens is 2. The molecule has 0 amide bonds. The van der Waals surface area contributed by atoms with E-state index in [2.05, 4.69) is 4.98 Å². The maximum absolute atomic E-state index is 11.8. The van der Waals surface area contributed by atoms with Crippen molar-refractivity contribution in [1.82, 2.24) is 9.55 Å². The third kappa shape index (κ3) is 7.79. The maximum atomic E-state index is 11.8. The summed E-state index contributed by atoms with van der Waals surface area (Å²) in [4.78, 5) is 48.7. The number of ether oxygens (including phenoxy) is 2. The Hall–Kier alpha value is -1.90. The lowest BCUT2D eigenvalue weighted by Gasteiger charge is -2.18. The van der Waals surface area contributed by atoms with Crippen molar-refractivity contribution in [2.75, 3.05) is 12.3 Å². The van der Waals surface area contributed by atoms with Crippen LogP contribution in [0.3, 0.4) is 0 Å². The number of carbonyl (C=O) groups excluding carboxylic acids is 1. The summed E-state index contributed by atoms with van der Waals surface area (Å²) in [6.07, 6.45) is -3.60. The Balaban J connectivity index is 0.000000749. The van der Waals surface area contributed by atoms with E-state index in [0.717, 1.165) is 4.57 Å². The van der Waals surface area contributed by atoms with Crippen molar-refractivity contribution in [2.24, 2.45) is 11.7 Å². The lowest BCUT2D eigenvalue weighted by atomic mass is 10.1. The molecule has 0 bridgehead atoms. The van der Waals surface area contributed by atoms with Crippen molar-refractivity contribution < 1.29 is 43.7 Å². The molecule has 1 aromatic heterocycles. The second-order valence-corrected chi connectivity index (χ2v) is 7.53. The summed E-state index contributed by atoms with van der Waals surface area (Å²) >= 11 is 0. The number of hydrogen-bond donors (Lipinski definition) is 7. The fourth-order valence-corrected chi connectivity index (χ4v) is 2.25. The van der Waals surface area contributed by atoms with Gasteiger partial charge in [0.2, 0.25) is 0 Å². The van der Waals surface area contributed by atoms with Gasteiger partial charge in [0.15, 0.2) is 6.23 Å². The molecule has 1 aliphatic rings. The molecule has 5 atom stereocenters. The standard InChI is InChI=1S/C14H22N4O6.H3O4P/c1-6(2)9(16)13(21)23-5-7-10(19)11(20)12(24-7)18-4-3-8(15)17-14(18)22;1-5(2,3)4/h3-4,6-7,9-12,19-20H,5,16H2,1-2H3,(H2,15,17,22);(H3,1,2,3,4)/t7-,9+,10-,11+,12-;/m1./s1. The number of aliphatic hydroxyl groups is 2. The number of carbonyl (C=O) groups is 1. The molecule has 1 aliphatic heterocycles. The van der Waals surface area contributed by atoms with Crippen LogP contribution in [0.4, 0.5) is 5.82 Å². The topological polar surface area (TPSA) is 241 Å². The molecule has 1 fully saturated rings. The van der Waals surface area contributed by atoms with Crippen molar-refractivity contribution in [2.45, 2.75) is 44.4 Å². The fraction of sp³-hybridized carbons (Fsp3) is 0.643. The molecule has 0 spiro atoms. The Kier molecular flexibility index (Phi) is 8.86. The predicted molar refractivity (Wildman–Crippen MR) is 96.9 cm³/mol. The molecular weight excluding hydrogens is 415 g/mol. The summed E-state index contributed by atoms with van der Waals surface area (Å²) in [6, 6.07) is 0.562. The van der Waals surface area contributed by atoms with Gasteiger partial charge in [0.1, 0.15) is 36.8 Å². The van der Waals surface area contributed by atoms with Crippen LogP contribution in [0, 0.1) is 5.92 Å². The SMILES string of the molecule is CC(C)[C@H](N)C(=O)OC[C@H]1O[C@@H](n2ccc(N)nc2=O)[C@@H](O)[C@@H]1O.O=P(O)(O)O. The van der Waals surface area contributed by atoms with E-state index in [1.807, 2.05) is 0 Å².